The average molecular weight is 304 g/mol. The summed E-state index contributed by atoms with van der Waals surface area (Å²) in [6.45, 7) is 1.86. The highest BCUT2D eigenvalue weighted by Gasteiger charge is 2.14. The minimum atomic E-state index is -1.20. The standard InChI is InChI=1S/C15H16N2O3S/c1-11-10-13(16)6-7-15(11)21(20)9-8-12-4-2-3-5-14(12)17(18)19/h2-7,10H,8-9,16H2,1H3. The molecule has 2 rings (SSSR count). The summed E-state index contributed by atoms with van der Waals surface area (Å²) in [6, 6.07) is 11.8. The van der Waals surface area contributed by atoms with Gasteiger partial charge in [-0.2, -0.15) is 0 Å². The number of anilines is 1. The quantitative estimate of drug-likeness (QED) is 0.523. The summed E-state index contributed by atoms with van der Waals surface area (Å²) in [5, 5.41) is 10.9. The van der Waals surface area contributed by atoms with E-state index in [1.807, 2.05) is 6.92 Å². The third-order valence-corrected chi connectivity index (χ3v) is 4.71. The Hall–Kier alpha value is -2.21. The molecule has 0 radical (unpaired) electrons. The molecule has 0 heterocycles. The summed E-state index contributed by atoms with van der Waals surface area (Å²) < 4.78 is 12.3. The van der Waals surface area contributed by atoms with Gasteiger partial charge in [-0.25, -0.2) is 0 Å². The van der Waals surface area contributed by atoms with Crippen LogP contribution in [0.4, 0.5) is 11.4 Å². The lowest BCUT2D eigenvalue weighted by atomic mass is 10.1. The third kappa shape index (κ3) is 3.66. The highest BCUT2D eigenvalue weighted by molar-refractivity contribution is 7.85. The molecule has 0 aliphatic rings. The Morgan fingerprint density at radius 1 is 1.24 bits per heavy atom. The fourth-order valence-electron chi connectivity index (χ4n) is 2.14. The monoisotopic (exact) mass is 304 g/mol. The maximum Gasteiger partial charge on any atom is 0.272 e. The predicted octanol–water partition coefficient (Wildman–Crippen LogP) is 2.84. The molecule has 0 aromatic heterocycles. The summed E-state index contributed by atoms with van der Waals surface area (Å²) in [5.41, 5.74) is 7.85. The molecule has 21 heavy (non-hydrogen) atoms. The average Bonchev–Trinajstić information content (AvgIpc) is 2.45. The lowest BCUT2D eigenvalue weighted by Gasteiger charge is -2.07. The first-order valence-electron chi connectivity index (χ1n) is 6.46. The zero-order chi connectivity index (χ0) is 15.4. The van der Waals surface area contributed by atoms with Crippen LogP contribution in [0.5, 0.6) is 0 Å². The van der Waals surface area contributed by atoms with Crippen LogP contribution in [0, 0.1) is 17.0 Å². The molecular formula is C15H16N2O3S. The number of benzene rings is 2. The van der Waals surface area contributed by atoms with Crippen molar-refractivity contribution in [3.05, 3.63) is 63.7 Å². The van der Waals surface area contributed by atoms with Crippen molar-refractivity contribution in [3.8, 4) is 0 Å². The number of nitro groups is 1. The van der Waals surface area contributed by atoms with Gasteiger partial charge in [-0.15, -0.1) is 0 Å². The van der Waals surface area contributed by atoms with Crippen molar-refractivity contribution >= 4 is 22.2 Å². The van der Waals surface area contributed by atoms with Crippen molar-refractivity contribution in [1.82, 2.24) is 0 Å². The lowest BCUT2D eigenvalue weighted by Crippen LogP contribution is -2.05. The van der Waals surface area contributed by atoms with Gasteiger partial charge in [-0.05, 0) is 37.1 Å². The molecule has 110 valence electrons. The van der Waals surface area contributed by atoms with Crippen molar-refractivity contribution in [3.63, 3.8) is 0 Å². The van der Waals surface area contributed by atoms with E-state index in [1.165, 1.54) is 6.07 Å². The molecule has 2 aromatic carbocycles. The Labute approximate surface area is 125 Å². The van der Waals surface area contributed by atoms with Crippen LogP contribution in [0.2, 0.25) is 0 Å². The molecule has 2 N–H and O–H groups in total. The highest BCUT2D eigenvalue weighted by atomic mass is 32.2. The Bertz CT molecular complexity index is 701. The van der Waals surface area contributed by atoms with E-state index in [2.05, 4.69) is 0 Å². The predicted molar refractivity (Wildman–Crippen MR) is 83.7 cm³/mol. The molecule has 1 unspecified atom stereocenters. The van der Waals surface area contributed by atoms with Crippen LogP contribution in [0.25, 0.3) is 0 Å². The van der Waals surface area contributed by atoms with Gasteiger partial charge in [0.05, 0.1) is 15.7 Å². The summed E-state index contributed by atoms with van der Waals surface area (Å²) in [6.07, 6.45) is 0.396. The van der Waals surface area contributed by atoms with Crippen LogP contribution in [-0.4, -0.2) is 14.9 Å². The van der Waals surface area contributed by atoms with Gasteiger partial charge in [0.15, 0.2) is 0 Å². The van der Waals surface area contributed by atoms with Crippen LogP contribution in [0.15, 0.2) is 47.4 Å². The van der Waals surface area contributed by atoms with E-state index < -0.39 is 15.7 Å². The Kier molecular flexibility index (Phi) is 4.70. The second kappa shape index (κ2) is 6.49. The van der Waals surface area contributed by atoms with Gasteiger partial charge in [0.1, 0.15) is 0 Å². The van der Waals surface area contributed by atoms with E-state index in [0.29, 0.717) is 23.4 Å². The number of nitrogens with two attached hydrogens (primary N) is 1. The third-order valence-electron chi connectivity index (χ3n) is 3.19. The largest absolute Gasteiger partial charge is 0.399 e. The van der Waals surface area contributed by atoms with E-state index in [-0.39, 0.29) is 5.69 Å². The number of aryl methyl sites for hydroxylation is 2. The number of para-hydroxylation sites is 1. The normalized spacial score (nSPS) is 12.0. The number of hydrogen-bond donors (Lipinski definition) is 1. The van der Waals surface area contributed by atoms with Crippen molar-refractivity contribution in [2.24, 2.45) is 0 Å². The molecular weight excluding hydrogens is 288 g/mol. The van der Waals surface area contributed by atoms with Gasteiger partial charge in [-0.3, -0.25) is 14.3 Å². The van der Waals surface area contributed by atoms with Crippen LogP contribution >= 0.6 is 0 Å². The molecule has 5 nitrogen and oxygen atoms in total. The Morgan fingerprint density at radius 2 is 1.95 bits per heavy atom. The maximum atomic E-state index is 12.3. The zero-order valence-corrected chi connectivity index (χ0v) is 12.4. The smallest absolute Gasteiger partial charge is 0.272 e. The van der Waals surface area contributed by atoms with Crippen molar-refractivity contribution in [2.75, 3.05) is 11.5 Å². The summed E-state index contributed by atoms with van der Waals surface area (Å²) >= 11 is 0. The van der Waals surface area contributed by atoms with E-state index in [9.17, 15) is 14.3 Å². The van der Waals surface area contributed by atoms with Crippen molar-refractivity contribution in [2.45, 2.75) is 18.2 Å². The lowest BCUT2D eigenvalue weighted by molar-refractivity contribution is -0.385. The van der Waals surface area contributed by atoms with Crippen molar-refractivity contribution < 1.29 is 9.13 Å². The number of hydrogen-bond acceptors (Lipinski definition) is 4. The number of rotatable bonds is 5. The van der Waals surface area contributed by atoms with Gasteiger partial charge >= 0.3 is 0 Å². The first-order valence-corrected chi connectivity index (χ1v) is 7.77. The maximum absolute atomic E-state index is 12.3. The zero-order valence-electron chi connectivity index (χ0n) is 11.6. The molecule has 0 bridgehead atoms. The van der Waals surface area contributed by atoms with E-state index in [0.717, 1.165) is 10.5 Å². The Balaban J connectivity index is 2.13. The van der Waals surface area contributed by atoms with E-state index in [1.54, 1.807) is 36.4 Å². The number of nitro benzene ring substituents is 1. The van der Waals surface area contributed by atoms with Gasteiger partial charge in [0, 0.05) is 28.0 Å². The van der Waals surface area contributed by atoms with Crippen LogP contribution in [0.1, 0.15) is 11.1 Å². The van der Waals surface area contributed by atoms with Gasteiger partial charge in [0.25, 0.3) is 5.69 Å². The highest BCUT2D eigenvalue weighted by Crippen LogP contribution is 2.21. The molecule has 6 heteroatoms. The summed E-state index contributed by atoms with van der Waals surface area (Å²) in [7, 11) is -1.20. The molecule has 0 amide bonds. The Morgan fingerprint density at radius 3 is 2.62 bits per heavy atom. The van der Waals surface area contributed by atoms with Crippen LogP contribution in [0.3, 0.4) is 0 Å². The fourth-order valence-corrected chi connectivity index (χ4v) is 3.40. The molecule has 0 aliphatic heterocycles. The molecule has 0 saturated carbocycles. The van der Waals surface area contributed by atoms with Crippen LogP contribution < -0.4 is 5.73 Å². The van der Waals surface area contributed by atoms with Gasteiger partial charge < -0.3 is 5.73 Å². The summed E-state index contributed by atoms with van der Waals surface area (Å²) in [4.78, 5) is 11.3. The van der Waals surface area contributed by atoms with Gasteiger partial charge in [-0.1, -0.05) is 18.2 Å². The minimum Gasteiger partial charge on any atom is -0.399 e. The molecule has 1 atom stereocenters. The molecule has 0 fully saturated rings. The van der Waals surface area contributed by atoms with E-state index in [4.69, 9.17) is 5.73 Å². The van der Waals surface area contributed by atoms with Crippen LogP contribution in [-0.2, 0) is 17.2 Å². The topological polar surface area (TPSA) is 86.2 Å². The summed E-state index contributed by atoms with van der Waals surface area (Å²) in [5.74, 6) is 0.343. The molecule has 0 saturated heterocycles. The first kappa shape index (κ1) is 15.2. The first-order chi connectivity index (χ1) is 9.99. The molecule has 2 aromatic rings. The van der Waals surface area contributed by atoms with Gasteiger partial charge in [0.2, 0.25) is 0 Å². The fraction of sp³-hybridized carbons (Fsp3) is 0.200. The van der Waals surface area contributed by atoms with E-state index >= 15 is 0 Å². The number of nitrogens with zero attached hydrogens (tertiary/aromatic N) is 1. The SMILES string of the molecule is Cc1cc(N)ccc1S(=O)CCc1ccccc1[N+](=O)[O-]. The minimum absolute atomic E-state index is 0.0727. The number of nitrogen functional groups attached to an aromatic ring is 1. The second-order valence-electron chi connectivity index (χ2n) is 4.71. The molecule has 0 spiro atoms. The van der Waals surface area contributed by atoms with Crippen molar-refractivity contribution in [1.29, 1.82) is 0 Å². The second-order valence-corrected chi connectivity index (χ2v) is 6.25. The molecule has 0 aliphatic carbocycles.